The maximum Gasteiger partial charge on any atom is 0.387 e. The maximum absolute atomic E-state index is 13.2. The smallest absolute Gasteiger partial charge is 0.387 e. The molecule has 2 aromatic carbocycles. The third kappa shape index (κ3) is 7.89. The van der Waals surface area contributed by atoms with E-state index < -0.39 is 21.7 Å². The van der Waals surface area contributed by atoms with E-state index in [1.54, 1.807) is 46.1 Å². The molecule has 0 spiro atoms. The quantitative estimate of drug-likeness (QED) is 0.267. The lowest BCUT2D eigenvalue weighted by Crippen LogP contribution is -2.41. The van der Waals surface area contributed by atoms with Crippen molar-refractivity contribution in [2.24, 2.45) is 0 Å². The Kier molecular flexibility index (Phi) is 10.4. The highest BCUT2D eigenvalue weighted by Gasteiger charge is 2.26. The van der Waals surface area contributed by atoms with Crippen LogP contribution in [0.2, 0.25) is 0 Å². The minimum Gasteiger partial charge on any atom is -0.495 e. The highest BCUT2D eigenvalue weighted by Crippen LogP contribution is 2.35. The van der Waals surface area contributed by atoms with Crippen LogP contribution in [0.15, 0.2) is 47.5 Å². The van der Waals surface area contributed by atoms with Crippen molar-refractivity contribution in [3.63, 3.8) is 0 Å². The molecule has 0 aliphatic carbocycles. The molecule has 234 valence electrons. The van der Waals surface area contributed by atoms with Gasteiger partial charge < -0.3 is 25.0 Å². The minimum atomic E-state index is -3.72. The Hall–Kier alpha value is -3.55. The van der Waals surface area contributed by atoms with E-state index in [4.69, 9.17) is 4.74 Å². The lowest BCUT2D eigenvalue weighted by molar-refractivity contribution is -0.0497. The molecule has 0 saturated carbocycles. The van der Waals surface area contributed by atoms with E-state index in [9.17, 15) is 17.2 Å². The van der Waals surface area contributed by atoms with Gasteiger partial charge in [0.25, 0.3) is 0 Å². The summed E-state index contributed by atoms with van der Waals surface area (Å²) in [7, 11) is 2.09. The molecular weight excluding hydrogens is 578 g/mol. The third-order valence-corrected chi connectivity index (χ3v) is 9.90. The van der Waals surface area contributed by atoms with Gasteiger partial charge in [0.2, 0.25) is 5.95 Å². The Morgan fingerprint density at radius 1 is 1.07 bits per heavy atom. The second kappa shape index (κ2) is 13.8. The average Bonchev–Trinajstić information content (AvgIpc) is 2.95. The first kappa shape index (κ1) is 32.4. The van der Waals surface area contributed by atoms with Gasteiger partial charge in [0.15, 0.2) is 21.4 Å². The summed E-state index contributed by atoms with van der Waals surface area (Å²) in [6, 6.07) is 11.3. The van der Waals surface area contributed by atoms with Gasteiger partial charge in [-0.2, -0.15) is 13.8 Å². The van der Waals surface area contributed by atoms with Crippen LogP contribution in [0.25, 0.3) is 0 Å². The predicted octanol–water partition coefficient (Wildman–Crippen LogP) is 5.59. The molecule has 4 rings (SSSR count). The Bertz CT molecular complexity index is 1510. The van der Waals surface area contributed by atoms with E-state index in [-0.39, 0.29) is 28.1 Å². The molecule has 1 aromatic heterocycles. The molecule has 0 unspecified atom stereocenters. The van der Waals surface area contributed by atoms with E-state index >= 15 is 0 Å². The zero-order valence-electron chi connectivity index (χ0n) is 25.4. The summed E-state index contributed by atoms with van der Waals surface area (Å²) >= 11 is 0. The van der Waals surface area contributed by atoms with Crippen molar-refractivity contribution >= 4 is 33.0 Å². The van der Waals surface area contributed by atoms with Crippen LogP contribution in [0, 0.1) is 6.92 Å². The molecule has 1 saturated heterocycles. The molecule has 0 atom stereocenters. The monoisotopic (exact) mass is 618 g/mol. The summed E-state index contributed by atoms with van der Waals surface area (Å²) in [6.45, 7) is 4.52. The number of aromatic nitrogens is 2. The van der Waals surface area contributed by atoms with Crippen molar-refractivity contribution < 1.29 is 26.7 Å². The summed E-state index contributed by atoms with van der Waals surface area (Å²) in [5, 5.41) is 5.29. The fraction of sp³-hybridized carbons (Fsp3) is 0.467. The Balaban J connectivity index is 1.59. The van der Waals surface area contributed by atoms with E-state index in [0.717, 1.165) is 44.2 Å². The van der Waals surface area contributed by atoms with Crippen molar-refractivity contribution in [3.05, 3.63) is 53.7 Å². The van der Waals surface area contributed by atoms with Crippen molar-refractivity contribution in [2.45, 2.75) is 63.0 Å². The summed E-state index contributed by atoms with van der Waals surface area (Å²) in [4.78, 5) is 13.3. The van der Waals surface area contributed by atoms with Crippen LogP contribution in [0.4, 0.5) is 31.9 Å². The molecule has 2 N–H and O–H groups in total. The molecule has 0 bridgehead atoms. The minimum absolute atomic E-state index is 0.0596. The largest absolute Gasteiger partial charge is 0.495 e. The second-order valence-corrected chi connectivity index (χ2v) is 13.5. The van der Waals surface area contributed by atoms with Gasteiger partial charge in [-0.1, -0.05) is 18.2 Å². The van der Waals surface area contributed by atoms with Gasteiger partial charge in [-0.3, -0.25) is 4.90 Å². The number of hydrogen-bond acceptors (Lipinski definition) is 10. The first-order valence-electron chi connectivity index (χ1n) is 14.1. The van der Waals surface area contributed by atoms with Crippen molar-refractivity contribution in [1.82, 2.24) is 19.8 Å². The molecular formula is C30H40F2N6O4S. The number of rotatable bonds is 12. The first-order chi connectivity index (χ1) is 20.4. The van der Waals surface area contributed by atoms with Gasteiger partial charge in [-0.05, 0) is 90.1 Å². The van der Waals surface area contributed by atoms with Crippen LogP contribution in [0.3, 0.4) is 0 Å². The molecule has 1 aliphatic heterocycles. The standard InChI is InChI=1S/C30H40F2N6O4S/c1-19(2)43(39,40)27-20(3)8-7-9-24(27)34-28-26(42-29(31)32)17-33-30(36-28)35-23-11-10-21(16-25(23)41-6)18-38-14-12-22(13-15-38)37(4)5/h7-11,16-17,19,22,29H,12-15,18H2,1-6H3,(H2,33,34,35,36). The second-order valence-electron chi connectivity index (χ2n) is 11.1. The SMILES string of the molecule is COc1cc(CN2CCC(N(C)C)CC2)ccc1Nc1ncc(OC(F)F)c(Nc2cccc(C)c2S(=O)(=O)C(C)C)n1. The van der Waals surface area contributed by atoms with Crippen LogP contribution in [0.1, 0.15) is 37.8 Å². The highest BCUT2D eigenvalue weighted by atomic mass is 32.2. The summed E-state index contributed by atoms with van der Waals surface area (Å²) < 4.78 is 63.1. The Morgan fingerprint density at radius 3 is 2.42 bits per heavy atom. The molecule has 10 nitrogen and oxygen atoms in total. The number of hydrogen-bond donors (Lipinski definition) is 2. The van der Waals surface area contributed by atoms with E-state index in [2.05, 4.69) is 49.2 Å². The zero-order valence-corrected chi connectivity index (χ0v) is 26.2. The van der Waals surface area contributed by atoms with E-state index in [0.29, 0.717) is 23.0 Å². The number of halogens is 2. The normalized spacial score (nSPS) is 14.9. The summed E-state index contributed by atoms with van der Waals surface area (Å²) in [6.07, 6.45) is 3.35. The van der Waals surface area contributed by atoms with E-state index in [1.807, 2.05) is 18.2 Å². The molecule has 0 radical (unpaired) electrons. The van der Waals surface area contributed by atoms with Crippen LogP contribution < -0.4 is 20.1 Å². The van der Waals surface area contributed by atoms with Gasteiger partial charge in [0, 0.05) is 12.6 Å². The number of alkyl halides is 2. The average molecular weight is 619 g/mol. The van der Waals surface area contributed by atoms with Gasteiger partial charge in [-0.25, -0.2) is 13.4 Å². The highest BCUT2D eigenvalue weighted by molar-refractivity contribution is 7.92. The Labute approximate surface area is 252 Å². The number of likely N-dealkylation sites (tertiary alicyclic amines) is 1. The number of nitrogens with one attached hydrogen (secondary N) is 2. The van der Waals surface area contributed by atoms with Crippen LogP contribution in [0.5, 0.6) is 11.5 Å². The first-order valence-corrected chi connectivity index (χ1v) is 15.7. The van der Waals surface area contributed by atoms with Gasteiger partial charge >= 0.3 is 6.61 Å². The lowest BCUT2D eigenvalue weighted by Gasteiger charge is -2.35. The van der Waals surface area contributed by atoms with Crippen molar-refractivity contribution in [2.75, 3.05) is 44.9 Å². The number of aryl methyl sites for hydroxylation is 1. The number of sulfone groups is 1. The van der Waals surface area contributed by atoms with E-state index in [1.165, 1.54) is 0 Å². The Morgan fingerprint density at radius 2 is 1.79 bits per heavy atom. The molecule has 3 aromatic rings. The molecule has 1 aliphatic rings. The predicted molar refractivity (Wildman–Crippen MR) is 164 cm³/mol. The molecule has 13 heteroatoms. The van der Waals surface area contributed by atoms with Gasteiger partial charge in [0.1, 0.15) is 5.75 Å². The number of benzene rings is 2. The number of piperidine rings is 1. The van der Waals surface area contributed by atoms with Crippen LogP contribution in [-0.4, -0.2) is 80.4 Å². The fourth-order valence-electron chi connectivity index (χ4n) is 5.10. The number of methoxy groups -OCH3 is 1. The molecule has 2 heterocycles. The number of anilines is 4. The van der Waals surface area contributed by atoms with Crippen LogP contribution in [-0.2, 0) is 16.4 Å². The summed E-state index contributed by atoms with van der Waals surface area (Å²) in [5.74, 6) is 0.174. The zero-order chi connectivity index (χ0) is 31.3. The number of ether oxygens (including phenoxy) is 2. The van der Waals surface area contributed by atoms with Gasteiger partial charge in [0.05, 0.1) is 34.8 Å². The van der Waals surface area contributed by atoms with Crippen molar-refractivity contribution in [3.8, 4) is 11.5 Å². The molecule has 43 heavy (non-hydrogen) atoms. The van der Waals surface area contributed by atoms with Crippen LogP contribution >= 0.6 is 0 Å². The number of nitrogens with zero attached hydrogens (tertiary/aromatic N) is 4. The lowest BCUT2D eigenvalue weighted by atomic mass is 10.0. The van der Waals surface area contributed by atoms with Crippen molar-refractivity contribution in [1.29, 1.82) is 0 Å². The third-order valence-electron chi connectivity index (χ3n) is 7.55. The molecule has 0 amide bonds. The summed E-state index contributed by atoms with van der Waals surface area (Å²) in [5.41, 5.74) is 2.36. The topological polar surface area (TPSA) is 109 Å². The maximum atomic E-state index is 13.2. The van der Waals surface area contributed by atoms with Gasteiger partial charge in [-0.15, -0.1) is 0 Å². The fourth-order valence-corrected chi connectivity index (χ4v) is 6.52. The molecule has 1 fully saturated rings.